The lowest BCUT2D eigenvalue weighted by Gasteiger charge is -2.17. The van der Waals surface area contributed by atoms with Gasteiger partial charge in [-0.2, -0.15) is 10.2 Å². The summed E-state index contributed by atoms with van der Waals surface area (Å²) in [4.78, 5) is 14.3. The molecule has 1 aliphatic heterocycles. The van der Waals surface area contributed by atoms with Crippen LogP contribution in [0.25, 0.3) is 0 Å². The van der Waals surface area contributed by atoms with Gasteiger partial charge in [0.2, 0.25) is 0 Å². The van der Waals surface area contributed by atoms with E-state index in [1.165, 1.54) is 17.5 Å². The molecule has 7 heteroatoms. The Labute approximate surface area is 123 Å². The van der Waals surface area contributed by atoms with Crippen LogP contribution in [0.5, 0.6) is 0 Å². The van der Waals surface area contributed by atoms with Crippen LogP contribution in [0.15, 0.2) is 29.3 Å². The Bertz CT molecular complexity index is 655. The zero-order valence-electron chi connectivity index (χ0n) is 12.0. The molecule has 0 aromatic carbocycles. The molecule has 1 saturated heterocycles. The Hall–Kier alpha value is -2.31. The van der Waals surface area contributed by atoms with E-state index in [1.807, 2.05) is 6.20 Å². The number of nitrogens with zero attached hydrogens (tertiary/aromatic N) is 5. The summed E-state index contributed by atoms with van der Waals surface area (Å²) >= 11 is 0. The van der Waals surface area contributed by atoms with Crippen molar-refractivity contribution >= 4 is 11.5 Å². The highest BCUT2D eigenvalue weighted by atomic mass is 16.1. The maximum absolute atomic E-state index is 12.1. The maximum Gasteiger partial charge on any atom is 0.268 e. The van der Waals surface area contributed by atoms with Gasteiger partial charge < -0.3 is 10.6 Å². The van der Waals surface area contributed by atoms with Crippen LogP contribution < -0.4 is 16.2 Å². The highest BCUT2D eigenvalue weighted by Crippen LogP contribution is 2.16. The molecule has 112 valence electrons. The summed E-state index contributed by atoms with van der Waals surface area (Å²) in [5.74, 6) is 0.514. The fourth-order valence-corrected chi connectivity index (χ4v) is 2.62. The third kappa shape index (κ3) is 3.24. The molecule has 0 bridgehead atoms. The molecule has 1 fully saturated rings. The van der Waals surface area contributed by atoms with E-state index in [-0.39, 0.29) is 5.56 Å². The van der Waals surface area contributed by atoms with Gasteiger partial charge in [-0.1, -0.05) is 0 Å². The smallest absolute Gasteiger partial charge is 0.268 e. The fourth-order valence-electron chi connectivity index (χ4n) is 2.62. The van der Waals surface area contributed by atoms with E-state index in [0.29, 0.717) is 12.4 Å². The summed E-state index contributed by atoms with van der Waals surface area (Å²) in [6, 6.07) is 3.44. The quantitative estimate of drug-likeness (QED) is 0.876. The second kappa shape index (κ2) is 5.99. The normalized spacial score (nSPS) is 14.8. The van der Waals surface area contributed by atoms with Crippen molar-refractivity contribution in [1.82, 2.24) is 19.6 Å². The minimum absolute atomic E-state index is 0.0422. The fraction of sp³-hybridized carbons (Fsp3) is 0.500. The molecule has 0 unspecified atom stereocenters. The molecular formula is C14H20N6O. The second-order valence-corrected chi connectivity index (χ2v) is 5.33. The van der Waals surface area contributed by atoms with Crippen LogP contribution >= 0.6 is 0 Å². The van der Waals surface area contributed by atoms with E-state index in [9.17, 15) is 4.79 Å². The van der Waals surface area contributed by atoms with Gasteiger partial charge in [0, 0.05) is 38.4 Å². The van der Waals surface area contributed by atoms with E-state index in [1.54, 1.807) is 23.0 Å². The molecule has 2 aromatic heterocycles. The maximum atomic E-state index is 12.1. The van der Waals surface area contributed by atoms with Crippen LogP contribution in [0.2, 0.25) is 0 Å². The van der Waals surface area contributed by atoms with Gasteiger partial charge in [-0.05, 0) is 25.3 Å². The van der Waals surface area contributed by atoms with Crippen LogP contribution in [-0.2, 0) is 13.1 Å². The first-order valence-corrected chi connectivity index (χ1v) is 7.33. The molecule has 0 amide bonds. The van der Waals surface area contributed by atoms with Gasteiger partial charge in [-0.25, -0.2) is 4.68 Å². The Kier molecular flexibility index (Phi) is 3.89. The molecule has 2 N–H and O–H groups in total. The Balaban J connectivity index is 1.59. The zero-order chi connectivity index (χ0) is 14.7. The molecule has 1 aliphatic rings. The average Bonchev–Trinajstić information content (AvgIpc) is 3.12. The number of aromatic nitrogens is 4. The lowest BCUT2D eigenvalue weighted by Crippen LogP contribution is -2.26. The molecule has 7 nitrogen and oxygen atoms in total. The summed E-state index contributed by atoms with van der Waals surface area (Å²) in [5.41, 5.74) is 6.45. The molecule has 3 heterocycles. The van der Waals surface area contributed by atoms with E-state index in [2.05, 4.69) is 15.1 Å². The lowest BCUT2D eigenvalue weighted by atomic mass is 10.4. The van der Waals surface area contributed by atoms with Gasteiger partial charge in [-0.15, -0.1) is 0 Å². The number of anilines is 2. The standard InChI is InChI=1S/C14H20N6O/c15-13-4-9-19(17-13)7-3-8-20-14(21)10-12(11-16-20)18-5-1-2-6-18/h4,9-11H,1-3,5-8H2,(H2,15,17). The van der Waals surface area contributed by atoms with Crippen LogP contribution in [0.1, 0.15) is 19.3 Å². The monoisotopic (exact) mass is 288 g/mol. The third-order valence-electron chi connectivity index (χ3n) is 3.74. The van der Waals surface area contributed by atoms with Gasteiger partial charge in [0.05, 0.1) is 11.9 Å². The predicted molar refractivity (Wildman–Crippen MR) is 81.2 cm³/mol. The molecular weight excluding hydrogens is 268 g/mol. The van der Waals surface area contributed by atoms with Crippen molar-refractivity contribution in [2.24, 2.45) is 0 Å². The first-order valence-electron chi connectivity index (χ1n) is 7.33. The predicted octanol–water partition coefficient (Wildman–Crippen LogP) is 0.712. The Morgan fingerprint density at radius 2 is 2.05 bits per heavy atom. The third-order valence-corrected chi connectivity index (χ3v) is 3.74. The van der Waals surface area contributed by atoms with Gasteiger partial charge in [0.1, 0.15) is 5.82 Å². The van der Waals surface area contributed by atoms with E-state index in [4.69, 9.17) is 5.73 Å². The molecule has 0 saturated carbocycles. The van der Waals surface area contributed by atoms with Crippen LogP contribution in [-0.4, -0.2) is 32.7 Å². The number of hydrogen-bond acceptors (Lipinski definition) is 5. The Morgan fingerprint density at radius 3 is 2.71 bits per heavy atom. The minimum Gasteiger partial charge on any atom is -0.382 e. The number of hydrogen-bond donors (Lipinski definition) is 1. The van der Waals surface area contributed by atoms with Crippen LogP contribution in [0.3, 0.4) is 0 Å². The molecule has 0 aliphatic carbocycles. The van der Waals surface area contributed by atoms with E-state index < -0.39 is 0 Å². The SMILES string of the molecule is Nc1ccn(CCCn2ncc(N3CCCC3)cc2=O)n1. The van der Waals surface area contributed by atoms with Crippen LogP contribution in [0.4, 0.5) is 11.5 Å². The van der Waals surface area contributed by atoms with Crippen molar-refractivity contribution < 1.29 is 0 Å². The van der Waals surface area contributed by atoms with Gasteiger partial charge in [-0.3, -0.25) is 9.48 Å². The Morgan fingerprint density at radius 1 is 1.24 bits per heavy atom. The molecule has 21 heavy (non-hydrogen) atoms. The number of rotatable bonds is 5. The highest BCUT2D eigenvalue weighted by molar-refractivity contribution is 5.43. The number of aryl methyl sites for hydroxylation is 2. The summed E-state index contributed by atoms with van der Waals surface area (Å²) in [7, 11) is 0. The summed E-state index contributed by atoms with van der Waals surface area (Å²) in [6.07, 6.45) is 6.80. The molecule has 0 radical (unpaired) electrons. The molecule has 0 spiro atoms. The van der Waals surface area contributed by atoms with Crippen molar-refractivity contribution in [2.45, 2.75) is 32.4 Å². The first-order chi connectivity index (χ1) is 10.2. The van der Waals surface area contributed by atoms with Crippen molar-refractivity contribution in [3.05, 3.63) is 34.9 Å². The van der Waals surface area contributed by atoms with Crippen LogP contribution in [0, 0.1) is 0 Å². The largest absolute Gasteiger partial charge is 0.382 e. The van der Waals surface area contributed by atoms with Crippen molar-refractivity contribution in [2.75, 3.05) is 23.7 Å². The zero-order valence-corrected chi connectivity index (χ0v) is 12.0. The topological polar surface area (TPSA) is 82.0 Å². The van der Waals surface area contributed by atoms with Crippen molar-refractivity contribution in [3.8, 4) is 0 Å². The van der Waals surface area contributed by atoms with Gasteiger partial charge in [0.25, 0.3) is 5.56 Å². The molecule has 2 aromatic rings. The summed E-state index contributed by atoms with van der Waals surface area (Å²) in [5, 5.41) is 8.38. The van der Waals surface area contributed by atoms with Crippen molar-refractivity contribution in [1.29, 1.82) is 0 Å². The molecule has 3 rings (SSSR count). The highest BCUT2D eigenvalue weighted by Gasteiger charge is 2.13. The number of nitrogens with two attached hydrogens (primary N) is 1. The minimum atomic E-state index is -0.0422. The first kappa shape index (κ1) is 13.7. The summed E-state index contributed by atoms with van der Waals surface area (Å²) < 4.78 is 3.28. The second-order valence-electron chi connectivity index (χ2n) is 5.33. The van der Waals surface area contributed by atoms with E-state index in [0.717, 1.165) is 31.7 Å². The van der Waals surface area contributed by atoms with E-state index >= 15 is 0 Å². The number of nitrogen functional groups attached to an aromatic ring is 1. The van der Waals surface area contributed by atoms with Crippen molar-refractivity contribution in [3.63, 3.8) is 0 Å². The lowest BCUT2D eigenvalue weighted by molar-refractivity contribution is 0.486. The average molecular weight is 288 g/mol. The van der Waals surface area contributed by atoms with Gasteiger partial charge in [0.15, 0.2) is 0 Å². The molecule has 0 atom stereocenters. The van der Waals surface area contributed by atoms with Gasteiger partial charge >= 0.3 is 0 Å². The summed E-state index contributed by atoms with van der Waals surface area (Å²) in [6.45, 7) is 3.34.